The zero-order valence-corrected chi connectivity index (χ0v) is 16.1. The van der Waals surface area contributed by atoms with Crippen molar-refractivity contribution < 1.29 is 14.3 Å². The minimum atomic E-state index is -0.233. The number of hydrogen-bond donors (Lipinski definition) is 3. The summed E-state index contributed by atoms with van der Waals surface area (Å²) in [5.41, 5.74) is 8.91. The summed E-state index contributed by atoms with van der Waals surface area (Å²) < 4.78 is 6.58. The molecule has 150 valence electrons. The van der Waals surface area contributed by atoms with Crippen LogP contribution in [-0.2, 0) is 11.3 Å². The van der Waals surface area contributed by atoms with Crippen LogP contribution in [-0.4, -0.2) is 41.9 Å². The smallest absolute Gasteiger partial charge is 0.255 e. The molecule has 0 saturated heterocycles. The fraction of sp³-hybridized carbons (Fsp3) is 0.190. The zero-order valence-electron chi connectivity index (χ0n) is 16.1. The van der Waals surface area contributed by atoms with E-state index in [4.69, 9.17) is 10.5 Å². The third kappa shape index (κ3) is 5.43. The number of amides is 2. The molecule has 29 heavy (non-hydrogen) atoms. The van der Waals surface area contributed by atoms with Gasteiger partial charge in [-0.3, -0.25) is 14.3 Å². The summed E-state index contributed by atoms with van der Waals surface area (Å²) in [6, 6.07) is 14.3. The second kappa shape index (κ2) is 9.52. The Morgan fingerprint density at radius 2 is 1.83 bits per heavy atom. The highest BCUT2D eigenvalue weighted by atomic mass is 16.5. The summed E-state index contributed by atoms with van der Waals surface area (Å²) in [5, 5.41) is 9.76. The molecule has 3 rings (SSSR count). The van der Waals surface area contributed by atoms with Crippen LogP contribution < -0.4 is 16.4 Å². The number of nitrogen functional groups attached to an aromatic ring is 1. The van der Waals surface area contributed by atoms with Gasteiger partial charge in [0.15, 0.2) is 0 Å². The molecule has 0 unspecified atom stereocenters. The van der Waals surface area contributed by atoms with E-state index < -0.39 is 0 Å². The Morgan fingerprint density at radius 3 is 2.55 bits per heavy atom. The number of ether oxygens (including phenoxy) is 1. The number of anilines is 2. The number of nitrogens with two attached hydrogens (primary N) is 1. The van der Waals surface area contributed by atoms with Gasteiger partial charge in [-0.05, 0) is 29.8 Å². The molecule has 0 aliphatic carbocycles. The molecule has 2 amide bonds. The molecule has 0 atom stereocenters. The summed E-state index contributed by atoms with van der Waals surface area (Å²) in [4.78, 5) is 24.4. The lowest BCUT2D eigenvalue weighted by molar-refractivity contribution is 0.0936. The summed E-state index contributed by atoms with van der Waals surface area (Å²) in [6.45, 7) is 1.38. The Labute approximate surface area is 168 Å². The van der Waals surface area contributed by atoms with E-state index in [0.29, 0.717) is 42.2 Å². The van der Waals surface area contributed by atoms with E-state index in [2.05, 4.69) is 15.7 Å². The van der Waals surface area contributed by atoms with Crippen LogP contribution in [0.15, 0.2) is 60.9 Å². The van der Waals surface area contributed by atoms with Crippen molar-refractivity contribution in [1.29, 1.82) is 0 Å². The second-order valence-electron chi connectivity index (χ2n) is 6.41. The monoisotopic (exact) mass is 393 g/mol. The lowest BCUT2D eigenvalue weighted by Crippen LogP contribution is -2.26. The van der Waals surface area contributed by atoms with Crippen molar-refractivity contribution in [3.8, 4) is 0 Å². The molecule has 0 spiro atoms. The standard InChI is InChI=1S/C21H23N5O3/c1-29-11-10-23-20(27)17-12-24-26(14-17)13-15-6-8-16(9-7-15)21(28)25-19-5-3-2-4-18(19)22/h2-9,12,14H,10-11,13,22H2,1H3,(H,23,27)(H,25,28). The van der Waals surface area contributed by atoms with Gasteiger partial charge in [-0.2, -0.15) is 5.10 Å². The number of rotatable bonds is 8. The first kappa shape index (κ1) is 20.1. The molecule has 0 bridgehead atoms. The van der Waals surface area contributed by atoms with Crippen molar-refractivity contribution in [3.05, 3.63) is 77.6 Å². The van der Waals surface area contributed by atoms with Crippen molar-refractivity contribution in [2.45, 2.75) is 6.54 Å². The van der Waals surface area contributed by atoms with E-state index in [1.807, 2.05) is 24.3 Å². The van der Waals surface area contributed by atoms with Gasteiger partial charge >= 0.3 is 0 Å². The van der Waals surface area contributed by atoms with Crippen molar-refractivity contribution in [2.24, 2.45) is 0 Å². The Balaban J connectivity index is 1.59. The van der Waals surface area contributed by atoms with Gasteiger partial charge in [0, 0.05) is 25.4 Å². The van der Waals surface area contributed by atoms with Crippen LogP contribution >= 0.6 is 0 Å². The highest BCUT2D eigenvalue weighted by Gasteiger charge is 2.10. The Morgan fingerprint density at radius 1 is 1.07 bits per heavy atom. The van der Waals surface area contributed by atoms with Crippen LogP contribution in [0.1, 0.15) is 26.3 Å². The minimum absolute atomic E-state index is 0.194. The molecule has 8 nitrogen and oxygen atoms in total. The quantitative estimate of drug-likeness (QED) is 0.401. The number of nitrogens with zero attached hydrogens (tertiary/aromatic N) is 2. The molecular formula is C21H23N5O3. The number of para-hydroxylation sites is 2. The van der Waals surface area contributed by atoms with Crippen LogP contribution in [0.3, 0.4) is 0 Å². The lowest BCUT2D eigenvalue weighted by Gasteiger charge is -2.08. The Bertz CT molecular complexity index is 982. The predicted octanol–water partition coefficient (Wildman–Crippen LogP) is 2.14. The van der Waals surface area contributed by atoms with Crippen LogP contribution in [0.4, 0.5) is 11.4 Å². The normalized spacial score (nSPS) is 10.5. The van der Waals surface area contributed by atoms with Crippen molar-refractivity contribution in [2.75, 3.05) is 31.3 Å². The van der Waals surface area contributed by atoms with E-state index >= 15 is 0 Å². The van der Waals surface area contributed by atoms with E-state index in [9.17, 15) is 9.59 Å². The van der Waals surface area contributed by atoms with Gasteiger partial charge in [-0.25, -0.2) is 0 Å². The highest BCUT2D eigenvalue weighted by Crippen LogP contribution is 2.18. The molecule has 0 aliphatic heterocycles. The van der Waals surface area contributed by atoms with Crippen molar-refractivity contribution in [3.63, 3.8) is 0 Å². The number of nitrogens with one attached hydrogen (secondary N) is 2. The van der Waals surface area contributed by atoms with Crippen LogP contribution in [0.5, 0.6) is 0 Å². The number of carbonyl (C=O) groups excluding carboxylic acids is 2. The molecule has 0 fully saturated rings. The first-order chi connectivity index (χ1) is 14.1. The maximum absolute atomic E-state index is 12.4. The van der Waals surface area contributed by atoms with Gasteiger partial charge < -0.3 is 21.1 Å². The third-order valence-electron chi connectivity index (χ3n) is 4.26. The van der Waals surface area contributed by atoms with E-state index in [-0.39, 0.29) is 11.8 Å². The second-order valence-corrected chi connectivity index (χ2v) is 6.41. The molecule has 2 aromatic carbocycles. The number of benzene rings is 2. The minimum Gasteiger partial charge on any atom is -0.397 e. The maximum Gasteiger partial charge on any atom is 0.255 e. The van der Waals surface area contributed by atoms with E-state index in [0.717, 1.165) is 5.56 Å². The number of aromatic nitrogens is 2. The van der Waals surface area contributed by atoms with Crippen molar-refractivity contribution >= 4 is 23.2 Å². The lowest BCUT2D eigenvalue weighted by atomic mass is 10.1. The Kier molecular flexibility index (Phi) is 6.59. The highest BCUT2D eigenvalue weighted by molar-refractivity contribution is 6.05. The summed E-state index contributed by atoms with van der Waals surface area (Å²) in [7, 11) is 1.58. The van der Waals surface area contributed by atoms with Crippen LogP contribution in [0, 0.1) is 0 Å². The number of methoxy groups -OCH3 is 1. The van der Waals surface area contributed by atoms with Gasteiger partial charge in [0.1, 0.15) is 0 Å². The molecule has 8 heteroatoms. The average molecular weight is 393 g/mol. The predicted molar refractivity (Wildman–Crippen MR) is 111 cm³/mol. The molecule has 0 radical (unpaired) electrons. The summed E-state index contributed by atoms with van der Waals surface area (Å²) >= 11 is 0. The first-order valence-electron chi connectivity index (χ1n) is 9.11. The average Bonchev–Trinajstić information content (AvgIpc) is 3.19. The summed E-state index contributed by atoms with van der Waals surface area (Å²) in [5.74, 6) is -0.427. The zero-order chi connectivity index (χ0) is 20.6. The first-order valence-corrected chi connectivity index (χ1v) is 9.11. The summed E-state index contributed by atoms with van der Waals surface area (Å²) in [6.07, 6.45) is 3.20. The maximum atomic E-state index is 12.4. The van der Waals surface area contributed by atoms with E-state index in [1.165, 1.54) is 6.20 Å². The number of hydrogen-bond acceptors (Lipinski definition) is 5. The SMILES string of the molecule is COCCNC(=O)c1cnn(Cc2ccc(C(=O)Nc3ccccc3N)cc2)c1. The van der Waals surface area contributed by atoms with Crippen molar-refractivity contribution in [1.82, 2.24) is 15.1 Å². The molecule has 0 aliphatic rings. The molecule has 4 N–H and O–H groups in total. The fourth-order valence-corrected chi connectivity index (χ4v) is 2.69. The Hall–Kier alpha value is -3.65. The van der Waals surface area contributed by atoms with Gasteiger partial charge in [0.25, 0.3) is 11.8 Å². The van der Waals surface area contributed by atoms with Gasteiger partial charge in [-0.15, -0.1) is 0 Å². The molecule has 0 saturated carbocycles. The molecular weight excluding hydrogens is 370 g/mol. The van der Waals surface area contributed by atoms with Gasteiger partial charge in [0.05, 0.1) is 36.3 Å². The largest absolute Gasteiger partial charge is 0.397 e. The number of carbonyl (C=O) groups is 2. The fourth-order valence-electron chi connectivity index (χ4n) is 2.69. The third-order valence-corrected chi connectivity index (χ3v) is 4.26. The molecule has 1 aromatic heterocycles. The molecule has 3 aromatic rings. The van der Waals surface area contributed by atoms with Gasteiger partial charge in [0.2, 0.25) is 0 Å². The van der Waals surface area contributed by atoms with Crippen LogP contribution in [0.25, 0.3) is 0 Å². The van der Waals surface area contributed by atoms with E-state index in [1.54, 1.807) is 42.3 Å². The van der Waals surface area contributed by atoms with Crippen LogP contribution in [0.2, 0.25) is 0 Å². The topological polar surface area (TPSA) is 111 Å². The van der Waals surface area contributed by atoms with Gasteiger partial charge in [-0.1, -0.05) is 24.3 Å². The molecule has 1 heterocycles.